The Kier molecular flexibility index (Phi) is 3.72. The van der Waals surface area contributed by atoms with Crippen molar-refractivity contribution in [2.45, 2.75) is 38.8 Å². The Morgan fingerprint density at radius 3 is 2.47 bits per heavy atom. The second kappa shape index (κ2) is 5.09. The maximum Gasteiger partial charge on any atom is 0.243 e. The fourth-order valence-electron chi connectivity index (χ4n) is 2.59. The Balaban J connectivity index is 2.93. The SMILES string of the molecule is CCc1c(C)c2ccccc2[n+](CC)c1SC. The van der Waals surface area contributed by atoms with Crippen molar-refractivity contribution in [3.8, 4) is 0 Å². The van der Waals surface area contributed by atoms with Gasteiger partial charge in [-0.15, -0.1) is 0 Å². The van der Waals surface area contributed by atoms with Gasteiger partial charge in [-0.3, -0.25) is 0 Å². The molecule has 0 unspecified atom stereocenters. The minimum Gasteiger partial charge on any atom is -0.186 e. The molecular weight excluding hydrogens is 226 g/mol. The summed E-state index contributed by atoms with van der Waals surface area (Å²) < 4.78 is 2.44. The number of fused-ring (bicyclic) bond motifs is 1. The summed E-state index contributed by atoms with van der Waals surface area (Å²) in [6.45, 7) is 7.75. The van der Waals surface area contributed by atoms with Crippen molar-refractivity contribution in [2.75, 3.05) is 6.26 Å². The zero-order valence-corrected chi connectivity index (χ0v) is 11.9. The molecule has 1 nitrogen and oxygen atoms in total. The zero-order chi connectivity index (χ0) is 12.4. The van der Waals surface area contributed by atoms with Crippen LogP contribution in [0, 0.1) is 6.92 Å². The summed E-state index contributed by atoms with van der Waals surface area (Å²) in [6, 6.07) is 8.72. The molecule has 1 aromatic heterocycles. The van der Waals surface area contributed by atoms with E-state index in [-0.39, 0.29) is 0 Å². The number of hydrogen-bond donors (Lipinski definition) is 0. The molecule has 0 spiro atoms. The number of benzene rings is 1. The van der Waals surface area contributed by atoms with Crippen molar-refractivity contribution in [1.82, 2.24) is 0 Å². The van der Waals surface area contributed by atoms with Gasteiger partial charge in [0.1, 0.15) is 6.54 Å². The van der Waals surface area contributed by atoms with Crippen molar-refractivity contribution in [1.29, 1.82) is 0 Å². The molecule has 2 heteroatoms. The molecule has 0 aliphatic carbocycles. The topological polar surface area (TPSA) is 3.88 Å². The highest BCUT2D eigenvalue weighted by Crippen LogP contribution is 2.26. The minimum absolute atomic E-state index is 1.03. The van der Waals surface area contributed by atoms with Gasteiger partial charge in [0, 0.05) is 17.0 Å². The summed E-state index contributed by atoms with van der Waals surface area (Å²) in [7, 11) is 0. The molecule has 90 valence electrons. The number of para-hydroxylation sites is 1. The maximum absolute atomic E-state index is 2.44. The van der Waals surface area contributed by atoms with E-state index in [0.29, 0.717) is 0 Å². The summed E-state index contributed by atoms with van der Waals surface area (Å²) in [5.41, 5.74) is 4.30. The molecule has 2 aromatic rings. The monoisotopic (exact) mass is 246 g/mol. The van der Waals surface area contributed by atoms with Crippen molar-refractivity contribution < 1.29 is 4.57 Å². The first-order chi connectivity index (χ1) is 8.24. The molecule has 0 saturated heterocycles. The quantitative estimate of drug-likeness (QED) is 0.589. The predicted molar refractivity (Wildman–Crippen MR) is 75.7 cm³/mol. The Bertz CT molecular complexity index is 546. The van der Waals surface area contributed by atoms with E-state index in [4.69, 9.17) is 0 Å². The average Bonchev–Trinajstić information content (AvgIpc) is 2.38. The van der Waals surface area contributed by atoms with Crippen LogP contribution in [0.4, 0.5) is 0 Å². The second-order valence-electron chi connectivity index (χ2n) is 4.23. The van der Waals surface area contributed by atoms with Gasteiger partial charge in [0.15, 0.2) is 0 Å². The molecule has 2 rings (SSSR count). The Hall–Kier alpha value is -1.02. The highest BCUT2D eigenvalue weighted by molar-refractivity contribution is 7.98. The first-order valence-corrected chi connectivity index (χ1v) is 7.45. The van der Waals surface area contributed by atoms with Crippen LogP contribution in [0.3, 0.4) is 0 Å². The van der Waals surface area contributed by atoms with Crippen LogP contribution in [0.5, 0.6) is 0 Å². The highest BCUT2D eigenvalue weighted by atomic mass is 32.2. The van der Waals surface area contributed by atoms with E-state index in [0.717, 1.165) is 13.0 Å². The van der Waals surface area contributed by atoms with Crippen LogP contribution in [-0.2, 0) is 13.0 Å². The van der Waals surface area contributed by atoms with Crippen molar-refractivity contribution in [3.05, 3.63) is 35.4 Å². The van der Waals surface area contributed by atoms with Gasteiger partial charge in [-0.2, -0.15) is 4.57 Å². The summed E-state index contributed by atoms with van der Waals surface area (Å²) in [5, 5.41) is 2.82. The Morgan fingerprint density at radius 1 is 1.18 bits per heavy atom. The molecule has 1 heterocycles. The first kappa shape index (κ1) is 12.4. The molecule has 0 aliphatic heterocycles. The molecule has 0 N–H and O–H groups in total. The summed E-state index contributed by atoms with van der Waals surface area (Å²) in [4.78, 5) is 0. The third-order valence-electron chi connectivity index (χ3n) is 3.42. The van der Waals surface area contributed by atoms with Crippen LogP contribution >= 0.6 is 11.8 Å². The van der Waals surface area contributed by atoms with E-state index >= 15 is 0 Å². The van der Waals surface area contributed by atoms with E-state index in [1.54, 1.807) is 0 Å². The fourth-order valence-corrected chi connectivity index (χ4v) is 3.58. The highest BCUT2D eigenvalue weighted by Gasteiger charge is 2.20. The number of thioether (sulfide) groups is 1. The van der Waals surface area contributed by atoms with Crippen LogP contribution in [-0.4, -0.2) is 6.26 Å². The lowest BCUT2D eigenvalue weighted by Crippen LogP contribution is -2.37. The lowest BCUT2D eigenvalue weighted by Gasteiger charge is -2.12. The number of nitrogens with zero attached hydrogens (tertiary/aromatic N) is 1. The second-order valence-corrected chi connectivity index (χ2v) is 5.02. The van der Waals surface area contributed by atoms with Gasteiger partial charge in [0.05, 0.1) is 0 Å². The summed E-state index contributed by atoms with van der Waals surface area (Å²) >= 11 is 1.86. The maximum atomic E-state index is 2.44. The number of aryl methyl sites for hydroxylation is 2. The predicted octanol–water partition coefficient (Wildman–Crippen LogP) is 3.74. The van der Waals surface area contributed by atoms with Gasteiger partial charge < -0.3 is 0 Å². The molecule has 0 saturated carbocycles. The van der Waals surface area contributed by atoms with Gasteiger partial charge >= 0.3 is 0 Å². The number of hydrogen-bond acceptors (Lipinski definition) is 1. The number of pyridine rings is 1. The van der Waals surface area contributed by atoms with E-state index < -0.39 is 0 Å². The van der Waals surface area contributed by atoms with E-state index in [1.807, 2.05) is 11.8 Å². The lowest BCUT2D eigenvalue weighted by molar-refractivity contribution is -0.705. The van der Waals surface area contributed by atoms with E-state index in [2.05, 4.69) is 55.9 Å². The normalized spacial score (nSPS) is 11.1. The standard InChI is InChI=1S/C15H20NS/c1-5-12-11(3)13-9-7-8-10-14(13)16(6-2)15(12)17-4/h7-10H,5-6H2,1-4H3/q+1. The van der Waals surface area contributed by atoms with Crippen molar-refractivity contribution in [3.63, 3.8) is 0 Å². The van der Waals surface area contributed by atoms with Gasteiger partial charge in [0.2, 0.25) is 10.5 Å². The van der Waals surface area contributed by atoms with Gasteiger partial charge in [-0.25, -0.2) is 0 Å². The molecule has 0 bridgehead atoms. The van der Waals surface area contributed by atoms with Crippen LogP contribution < -0.4 is 4.57 Å². The first-order valence-electron chi connectivity index (χ1n) is 6.22. The van der Waals surface area contributed by atoms with Gasteiger partial charge in [-0.1, -0.05) is 30.8 Å². The van der Waals surface area contributed by atoms with Crippen LogP contribution in [0.1, 0.15) is 25.0 Å². The van der Waals surface area contributed by atoms with E-state index in [1.165, 1.54) is 27.1 Å². The third-order valence-corrected chi connectivity index (χ3v) is 4.27. The summed E-state index contributed by atoms with van der Waals surface area (Å²) in [5.74, 6) is 0. The van der Waals surface area contributed by atoms with E-state index in [9.17, 15) is 0 Å². The Morgan fingerprint density at radius 2 is 1.88 bits per heavy atom. The molecular formula is C15H20NS+. The average molecular weight is 246 g/mol. The smallest absolute Gasteiger partial charge is 0.186 e. The van der Waals surface area contributed by atoms with Crippen LogP contribution in [0.2, 0.25) is 0 Å². The summed E-state index contributed by atoms with van der Waals surface area (Å²) in [6.07, 6.45) is 3.28. The molecule has 17 heavy (non-hydrogen) atoms. The largest absolute Gasteiger partial charge is 0.243 e. The molecule has 0 atom stereocenters. The molecule has 0 amide bonds. The van der Waals surface area contributed by atoms with Gasteiger partial charge in [0.25, 0.3) is 0 Å². The zero-order valence-electron chi connectivity index (χ0n) is 11.1. The van der Waals surface area contributed by atoms with Crippen LogP contribution in [0.15, 0.2) is 29.3 Å². The van der Waals surface area contributed by atoms with Crippen molar-refractivity contribution in [2.24, 2.45) is 0 Å². The third kappa shape index (κ3) is 1.95. The Labute approximate surface area is 108 Å². The molecule has 1 aromatic carbocycles. The van der Waals surface area contributed by atoms with Crippen LogP contribution in [0.25, 0.3) is 10.9 Å². The molecule has 0 aliphatic rings. The fraction of sp³-hybridized carbons (Fsp3) is 0.400. The molecule has 0 fully saturated rings. The van der Waals surface area contributed by atoms with Gasteiger partial charge in [-0.05, 0) is 38.2 Å². The van der Waals surface area contributed by atoms with Crippen molar-refractivity contribution >= 4 is 22.7 Å². The number of aromatic nitrogens is 1. The lowest BCUT2D eigenvalue weighted by atomic mass is 10.0. The number of rotatable bonds is 3. The molecule has 0 radical (unpaired) electrons. The minimum atomic E-state index is 1.03.